The van der Waals surface area contributed by atoms with E-state index < -0.39 is 11.9 Å². The van der Waals surface area contributed by atoms with Gasteiger partial charge in [-0.2, -0.15) is 11.8 Å². The molecule has 0 spiro atoms. The Kier molecular flexibility index (Phi) is 9.06. The van der Waals surface area contributed by atoms with Gasteiger partial charge < -0.3 is 35.9 Å². The lowest BCUT2D eigenvalue weighted by Gasteiger charge is -2.17. The molecule has 5 rings (SSSR count). The Morgan fingerprint density at radius 1 is 0.977 bits per heavy atom. The van der Waals surface area contributed by atoms with Gasteiger partial charge in [0.25, 0.3) is 0 Å². The summed E-state index contributed by atoms with van der Waals surface area (Å²) in [6.07, 6.45) is 5.96. The van der Waals surface area contributed by atoms with E-state index >= 15 is 0 Å². The highest BCUT2D eigenvalue weighted by Crippen LogP contribution is 2.41. The minimum Gasteiger partial charge on any atom is -0.495 e. The first-order valence-corrected chi connectivity index (χ1v) is 16.3. The first-order valence-electron chi connectivity index (χ1n) is 15.3. The number of carboxylic acids is 2. The average molecular weight is 623 g/mol. The predicted molar refractivity (Wildman–Crippen MR) is 171 cm³/mol. The molecule has 5 heterocycles. The lowest BCUT2D eigenvalue weighted by molar-refractivity contribution is -0.138. The molecule has 2 aromatic heterocycles. The number of carbonyl (C=O) groups excluding carboxylic acids is 1. The van der Waals surface area contributed by atoms with Gasteiger partial charge in [0.2, 0.25) is 5.91 Å². The standard InChI is InChI=1S/C33H42N4O6S/c1-6-19-15(2)24(36-33(19)43)11-22-16(3)20(7-9-29(38)39)25(34-22)13-26-21(8-10-30(40)41)17(4)23(35-26)12-27-31(28-14-44-28)18(5)32(42)37-27/h12-13,15,24,27-28,34-36,43H,6-11,14H2,1-5H3,(H,37,42)(H,38,39)(H,40,41)/b23-12-,26-13-/t15?,24-,27+,28+/m1/s1. The molecule has 2 aromatic rings. The van der Waals surface area contributed by atoms with Crippen LogP contribution < -0.4 is 21.3 Å². The number of aromatic nitrogens is 2. The zero-order valence-corrected chi connectivity index (χ0v) is 26.7. The van der Waals surface area contributed by atoms with Crippen LogP contribution in [-0.4, -0.2) is 66.2 Å². The number of H-pyrrole nitrogens is 2. The lowest BCUT2D eigenvalue weighted by atomic mass is 9.91. The van der Waals surface area contributed by atoms with Crippen LogP contribution in [0.5, 0.6) is 0 Å². The summed E-state index contributed by atoms with van der Waals surface area (Å²) < 4.78 is 0. The molecule has 44 heavy (non-hydrogen) atoms. The van der Waals surface area contributed by atoms with E-state index in [4.69, 9.17) is 0 Å². The number of aliphatic carboxylic acids is 2. The maximum absolute atomic E-state index is 12.5. The van der Waals surface area contributed by atoms with Gasteiger partial charge in [-0.3, -0.25) is 14.4 Å². The molecule has 0 aromatic carbocycles. The van der Waals surface area contributed by atoms with Crippen LogP contribution in [0.15, 0.2) is 22.6 Å². The molecule has 1 unspecified atom stereocenters. The summed E-state index contributed by atoms with van der Waals surface area (Å²) in [4.78, 5) is 42.7. The van der Waals surface area contributed by atoms with Crippen molar-refractivity contribution in [1.29, 1.82) is 0 Å². The molecule has 3 aliphatic rings. The zero-order valence-electron chi connectivity index (χ0n) is 25.9. The maximum atomic E-state index is 12.5. The average Bonchev–Trinajstić information content (AvgIpc) is 3.53. The number of amides is 1. The van der Waals surface area contributed by atoms with E-state index in [-0.39, 0.29) is 42.6 Å². The Morgan fingerprint density at radius 2 is 1.64 bits per heavy atom. The van der Waals surface area contributed by atoms with Crippen molar-refractivity contribution < 1.29 is 29.7 Å². The summed E-state index contributed by atoms with van der Waals surface area (Å²) >= 11 is 1.82. The summed E-state index contributed by atoms with van der Waals surface area (Å²) in [6.45, 7) is 9.95. The minimum absolute atomic E-state index is 0.000466. The van der Waals surface area contributed by atoms with E-state index in [1.807, 2.05) is 51.6 Å². The molecule has 1 saturated heterocycles. The smallest absolute Gasteiger partial charge is 0.303 e. The fraction of sp³-hybridized carbons (Fsp3) is 0.485. The van der Waals surface area contributed by atoms with Gasteiger partial charge in [-0.15, -0.1) is 0 Å². The number of aliphatic hydroxyl groups is 1. The number of carboxylic acid groups (broad SMARTS) is 2. The molecule has 1 fully saturated rings. The number of aliphatic hydroxyl groups excluding tert-OH is 1. The normalized spacial score (nSPS) is 24.0. The van der Waals surface area contributed by atoms with Crippen LogP contribution in [0.1, 0.15) is 73.7 Å². The van der Waals surface area contributed by atoms with Crippen molar-refractivity contribution in [3.8, 4) is 0 Å². The number of hydrogen-bond donors (Lipinski definition) is 7. The van der Waals surface area contributed by atoms with Crippen LogP contribution in [0.3, 0.4) is 0 Å². The van der Waals surface area contributed by atoms with Gasteiger partial charge in [0.15, 0.2) is 5.88 Å². The molecule has 11 heteroatoms. The van der Waals surface area contributed by atoms with E-state index in [9.17, 15) is 29.7 Å². The van der Waals surface area contributed by atoms with Crippen LogP contribution in [-0.2, 0) is 33.6 Å². The van der Waals surface area contributed by atoms with Gasteiger partial charge in [0.05, 0.1) is 6.04 Å². The Labute approximate surface area is 260 Å². The molecular formula is C33H42N4O6S. The second-order valence-corrected chi connectivity index (χ2v) is 13.3. The van der Waals surface area contributed by atoms with Crippen molar-refractivity contribution in [3.63, 3.8) is 0 Å². The minimum atomic E-state index is -0.890. The van der Waals surface area contributed by atoms with Crippen molar-refractivity contribution in [2.24, 2.45) is 5.92 Å². The molecule has 4 atom stereocenters. The van der Waals surface area contributed by atoms with E-state index in [0.29, 0.717) is 24.5 Å². The van der Waals surface area contributed by atoms with Crippen LogP contribution in [0, 0.1) is 19.8 Å². The van der Waals surface area contributed by atoms with E-state index in [1.165, 1.54) is 0 Å². The zero-order chi connectivity index (χ0) is 31.9. The fourth-order valence-corrected chi connectivity index (χ4v) is 7.49. The fourth-order valence-electron chi connectivity index (χ4n) is 6.71. The number of hydrogen-bond acceptors (Lipinski definition) is 6. The van der Waals surface area contributed by atoms with Crippen molar-refractivity contribution in [3.05, 3.63) is 66.9 Å². The number of aromatic amines is 2. The van der Waals surface area contributed by atoms with Gasteiger partial charge in [-0.1, -0.05) is 13.8 Å². The van der Waals surface area contributed by atoms with Crippen LogP contribution in [0.2, 0.25) is 0 Å². The van der Waals surface area contributed by atoms with Crippen molar-refractivity contribution in [2.75, 3.05) is 5.75 Å². The highest BCUT2D eigenvalue weighted by molar-refractivity contribution is 8.07. The summed E-state index contributed by atoms with van der Waals surface area (Å²) in [6, 6.07) is -0.232. The van der Waals surface area contributed by atoms with Crippen molar-refractivity contribution >= 4 is 41.8 Å². The van der Waals surface area contributed by atoms with Gasteiger partial charge >= 0.3 is 11.9 Å². The Hall–Kier alpha value is -3.86. The summed E-state index contributed by atoms with van der Waals surface area (Å²) in [5.74, 6) is -0.444. The van der Waals surface area contributed by atoms with Crippen LogP contribution >= 0.6 is 11.8 Å². The molecule has 0 aliphatic carbocycles. The predicted octanol–water partition coefficient (Wildman–Crippen LogP) is 2.86. The molecule has 0 saturated carbocycles. The second kappa shape index (κ2) is 12.6. The SMILES string of the molecule is CCC1=C(O)N[C@H](Cc2[nH]c(/C=c3\[nH]/c(=C\[C@@H]4NC(=O)C(C)=C4[C@@H]4CS4)c(C)c3CCC(=O)O)c(CCC(=O)O)c2C)C1C. The van der Waals surface area contributed by atoms with Crippen LogP contribution in [0.25, 0.3) is 12.2 Å². The lowest BCUT2D eigenvalue weighted by Crippen LogP contribution is -2.30. The van der Waals surface area contributed by atoms with E-state index in [2.05, 4.69) is 27.5 Å². The number of carbonyl (C=O) groups is 3. The third-order valence-corrected chi connectivity index (χ3v) is 10.3. The molecular weight excluding hydrogens is 580 g/mol. The third-order valence-electron chi connectivity index (χ3n) is 9.43. The Morgan fingerprint density at radius 3 is 2.23 bits per heavy atom. The molecule has 0 radical (unpaired) electrons. The first kappa shape index (κ1) is 31.6. The molecule has 1 amide bonds. The molecule has 10 nitrogen and oxygen atoms in total. The van der Waals surface area contributed by atoms with Crippen molar-refractivity contribution in [2.45, 2.75) is 90.5 Å². The van der Waals surface area contributed by atoms with Crippen molar-refractivity contribution in [1.82, 2.24) is 20.6 Å². The van der Waals surface area contributed by atoms with E-state index in [0.717, 1.165) is 73.2 Å². The topological polar surface area (TPSA) is 168 Å². The van der Waals surface area contributed by atoms with Gasteiger partial charge in [0, 0.05) is 69.9 Å². The number of thioether (sulfide) groups is 1. The molecule has 236 valence electrons. The van der Waals surface area contributed by atoms with Crippen LogP contribution in [0.4, 0.5) is 0 Å². The number of rotatable bonds is 12. The summed E-state index contributed by atoms with van der Waals surface area (Å²) in [5, 5.41) is 37.6. The summed E-state index contributed by atoms with van der Waals surface area (Å²) in [5.41, 5.74) is 8.30. The Bertz CT molecular complexity index is 1690. The highest BCUT2D eigenvalue weighted by Gasteiger charge is 2.38. The molecule has 7 N–H and O–H groups in total. The largest absolute Gasteiger partial charge is 0.495 e. The third kappa shape index (κ3) is 6.33. The monoisotopic (exact) mass is 622 g/mol. The Balaban J connectivity index is 1.58. The second-order valence-electron chi connectivity index (χ2n) is 12.1. The summed E-state index contributed by atoms with van der Waals surface area (Å²) in [7, 11) is 0. The number of nitrogens with one attached hydrogen (secondary N) is 4. The van der Waals surface area contributed by atoms with Gasteiger partial charge in [0.1, 0.15) is 0 Å². The van der Waals surface area contributed by atoms with Gasteiger partial charge in [-0.25, -0.2) is 0 Å². The highest BCUT2D eigenvalue weighted by atomic mass is 32.2. The van der Waals surface area contributed by atoms with Gasteiger partial charge in [-0.05, 0) is 85.6 Å². The molecule has 3 aliphatic heterocycles. The quantitative estimate of drug-likeness (QED) is 0.177. The van der Waals surface area contributed by atoms with E-state index in [1.54, 1.807) is 0 Å². The maximum Gasteiger partial charge on any atom is 0.303 e. The molecule has 0 bridgehead atoms. The first-order chi connectivity index (χ1) is 20.9.